The average Bonchev–Trinajstić information content (AvgIpc) is 2.25. The molecule has 100 valence electrons. The van der Waals surface area contributed by atoms with E-state index in [1.54, 1.807) is 0 Å². The van der Waals surface area contributed by atoms with E-state index in [-0.39, 0.29) is 5.54 Å². The third kappa shape index (κ3) is 3.82. The molecule has 0 spiro atoms. The summed E-state index contributed by atoms with van der Waals surface area (Å²) in [5, 5.41) is 3.74. The first-order chi connectivity index (χ1) is 7.82. The van der Waals surface area contributed by atoms with Gasteiger partial charge < -0.3 is 5.32 Å². The molecule has 1 aliphatic rings. The second-order valence-corrected chi connectivity index (χ2v) is 6.68. The molecule has 2 unspecified atom stereocenters. The van der Waals surface area contributed by atoms with Crippen molar-refractivity contribution in [1.29, 1.82) is 0 Å². The highest BCUT2D eigenvalue weighted by atomic mass is 15.3. The van der Waals surface area contributed by atoms with Crippen molar-refractivity contribution >= 4 is 0 Å². The summed E-state index contributed by atoms with van der Waals surface area (Å²) in [5.74, 6) is 0. The molecule has 17 heavy (non-hydrogen) atoms. The zero-order chi connectivity index (χ0) is 13.1. The maximum atomic E-state index is 3.74. The first kappa shape index (κ1) is 14.7. The Morgan fingerprint density at radius 3 is 2.53 bits per heavy atom. The summed E-state index contributed by atoms with van der Waals surface area (Å²) in [7, 11) is 0. The molecule has 0 aromatic heterocycles. The molecule has 0 radical (unpaired) electrons. The predicted octanol–water partition coefficient (Wildman–Crippen LogP) is 3.05. The van der Waals surface area contributed by atoms with Crippen molar-refractivity contribution < 1.29 is 0 Å². The number of nitrogens with one attached hydrogen (secondary N) is 1. The van der Waals surface area contributed by atoms with Crippen LogP contribution in [0.15, 0.2) is 12.2 Å². The van der Waals surface area contributed by atoms with E-state index in [2.05, 4.69) is 63.9 Å². The normalized spacial score (nSPS) is 32.2. The second kappa shape index (κ2) is 5.53. The zero-order valence-corrected chi connectivity index (χ0v) is 12.5. The first-order valence-electron chi connectivity index (χ1n) is 6.92. The number of piperazine rings is 1. The number of allylic oxidation sites excluding steroid dienone is 1. The summed E-state index contributed by atoms with van der Waals surface area (Å²) < 4.78 is 0. The SMILES string of the molecule is C/C=C/CN1CC(C)(CC)NCC1C(C)(C)C. The van der Waals surface area contributed by atoms with Crippen molar-refractivity contribution in [3.8, 4) is 0 Å². The van der Waals surface area contributed by atoms with Gasteiger partial charge in [0.1, 0.15) is 0 Å². The molecule has 0 aromatic rings. The van der Waals surface area contributed by atoms with Gasteiger partial charge in [0, 0.05) is 31.2 Å². The van der Waals surface area contributed by atoms with Crippen LogP contribution in [0.3, 0.4) is 0 Å². The van der Waals surface area contributed by atoms with E-state index >= 15 is 0 Å². The number of hydrogen-bond acceptors (Lipinski definition) is 2. The Morgan fingerprint density at radius 1 is 1.41 bits per heavy atom. The van der Waals surface area contributed by atoms with Crippen LogP contribution in [0.1, 0.15) is 48.0 Å². The van der Waals surface area contributed by atoms with E-state index < -0.39 is 0 Å². The van der Waals surface area contributed by atoms with Crippen LogP contribution in [0.5, 0.6) is 0 Å². The molecule has 1 rings (SSSR count). The fourth-order valence-electron chi connectivity index (χ4n) is 2.61. The van der Waals surface area contributed by atoms with Crippen molar-refractivity contribution in [2.45, 2.75) is 59.5 Å². The van der Waals surface area contributed by atoms with Crippen LogP contribution >= 0.6 is 0 Å². The van der Waals surface area contributed by atoms with Gasteiger partial charge in [0.05, 0.1) is 0 Å². The van der Waals surface area contributed by atoms with Gasteiger partial charge >= 0.3 is 0 Å². The Hall–Kier alpha value is -0.340. The highest BCUT2D eigenvalue weighted by Crippen LogP contribution is 2.29. The van der Waals surface area contributed by atoms with E-state index in [0.29, 0.717) is 11.5 Å². The van der Waals surface area contributed by atoms with Crippen molar-refractivity contribution in [2.24, 2.45) is 5.41 Å². The topological polar surface area (TPSA) is 15.3 Å². The molecular weight excluding hydrogens is 208 g/mol. The van der Waals surface area contributed by atoms with E-state index in [4.69, 9.17) is 0 Å². The summed E-state index contributed by atoms with van der Waals surface area (Å²) in [6, 6.07) is 0.623. The molecule has 0 bridgehead atoms. The van der Waals surface area contributed by atoms with Crippen LogP contribution in [-0.2, 0) is 0 Å². The standard InChI is InChI=1S/C15H30N2/c1-7-9-10-17-12-15(6,8-2)16-11-13(17)14(3,4)5/h7,9,13,16H,8,10-12H2,1-6H3/b9-7+. The minimum absolute atomic E-state index is 0.281. The Bertz CT molecular complexity index is 265. The van der Waals surface area contributed by atoms with Crippen molar-refractivity contribution in [3.63, 3.8) is 0 Å². The number of rotatable bonds is 3. The van der Waals surface area contributed by atoms with Gasteiger partial charge in [-0.25, -0.2) is 0 Å². The molecule has 0 aliphatic carbocycles. The van der Waals surface area contributed by atoms with Crippen LogP contribution in [0.25, 0.3) is 0 Å². The molecule has 2 nitrogen and oxygen atoms in total. The van der Waals surface area contributed by atoms with E-state index in [0.717, 1.165) is 19.6 Å². The largest absolute Gasteiger partial charge is 0.309 e. The van der Waals surface area contributed by atoms with Crippen molar-refractivity contribution in [2.75, 3.05) is 19.6 Å². The van der Waals surface area contributed by atoms with Crippen LogP contribution in [0.2, 0.25) is 0 Å². The maximum Gasteiger partial charge on any atom is 0.0278 e. The lowest BCUT2D eigenvalue weighted by molar-refractivity contribution is 0.0353. The van der Waals surface area contributed by atoms with Gasteiger partial charge in [-0.3, -0.25) is 4.90 Å². The first-order valence-corrected chi connectivity index (χ1v) is 6.92. The summed E-state index contributed by atoms with van der Waals surface area (Å²) >= 11 is 0. The third-order valence-corrected chi connectivity index (χ3v) is 4.07. The lowest BCUT2D eigenvalue weighted by Gasteiger charge is -2.50. The summed E-state index contributed by atoms with van der Waals surface area (Å²) in [4.78, 5) is 2.64. The summed E-state index contributed by atoms with van der Waals surface area (Å²) in [6.07, 6.45) is 5.63. The molecule has 1 aliphatic heterocycles. The van der Waals surface area contributed by atoms with E-state index in [1.807, 2.05) is 0 Å². The number of hydrogen-bond donors (Lipinski definition) is 1. The molecule has 0 amide bonds. The van der Waals surface area contributed by atoms with Gasteiger partial charge in [-0.15, -0.1) is 0 Å². The molecule has 0 saturated carbocycles. The molecule has 1 fully saturated rings. The van der Waals surface area contributed by atoms with Gasteiger partial charge in [-0.1, -0.05) is 39.8 Å². The van der Waals surface area contributed by atoms with Crippen LogP contribution in [-0.4, -0.2) is 36.1 Å². The van der Waals surface area contributed by atoms with Crippen LogP contribution in [0.4, 0.5) is 0 Å². The van der Waals surface area contributed by atoms with Gasteiger partial charge in [0.2, 0.25) is 0 Å². The molecule has 2 heteroatoms. The molecule has 1 heterocycles. The Morgan fingerprint density at radius 2 is 2.06 bits per heavy atom. The third-order valence-electron chi connectivity index (χ3n) is 4.07. The lowest BCUT2D eigenvalue weighted by atomic mass is 9.81. The zero-order valence-electron chi connectivity index (χ0n) is 12.5. The Balaban J connectivity index is 2.79. The fraction of sp³-hybridized carbons (Fsp3) is 0.867. The molecule has 1 N–H and O–H groups in total. The number of nitrogens with zero attached hydrogens (tertiary/aromatic N) is 1. The van der Waals surface area contributed by atoms with E-state index in [9.17, 15) is 0 Å². The fourth-order valence-corrected chi connectivity index (χ4v) is 2.61. The second-order valence-electron chi connectivity index (χ2n) is 6.68. The quantitative estimate of drug-likeness (QED) is 0.760. The van der Waals surface area contributed by atoms with Crippen LogP contribution < -0.4 is 5.32 Å². The minimum Gasteiger partial charge on any atom is -0.309 e. The smallest absolute Gasteiger partial charge is 0.0278 e. The molecule has 2 atom stereocenters. The highest BCUT2D eigenvalue weighted by molar-refractivity contribution is 5.00. The van der Waals surface area contributed by atoms with Crippen molar-refractivity contribution in [1.82, 2.24) is 10.2 Å². The minimum atomic E-state index is 0.281. The lowest BCUT2D eigenvalue weighted by Crippen LogP contribution is -2.65. The summed E-state index contributed by atoms with van der Waals surface area (Å²) in [6.45, 7) is 17.1. The van der Waals surface area contributed by atoms with E-state index in [1.165, 1.54) is 6.42 Å². The molecule has 1 saturated heterocycles. The van der Waals surface area contributed by atoms with Gasteiger partial charge in [-0.2, -0.15) is 0 Å². The highest BCUT2D eigenvalue weighted by Gasteiger charge is 2.38. The monoisotopic (exact) mass is 238 g/mol. The maximum absolute atomic E-state index is 3.74. The van der Waals surface area contributed by atoms with Crippen LogP contribution in [0, 0.1) is 5.41 Å². The summed E-state index contributed by atoms with van der Waals surface area (Å²) in [5.41, 5.74) is 0.618. The van der Waals surface area contributed by atoms with Gasteiger partial charge in [0.25, 0.3) is 0 Å². The Labute approximate surface area is 107 Å². The predicted molar refractivity (Wildman–Crippen MR) is 76.3 cm³/mol. The average molecular weight is 238 g/mol. The van der Waals surface area contributed by atoms with Crippen molar-refractivity contribution in [3.05, 3.63) is 12.2 Å². The van der Waals surface area contributed by atoms with Gasteiger partial charge in [-0.05, 0) is 25.7 Å². The van der Waals surface area contributed by atoms with Gasteiger partial charge in [0.15, 0.2) is 0 Å². The Kier molecular flexibility index (Phi) is 4.79. The molecule has 0 aromatic carbocycles. The molecular formula is C15H30N2.